The summed E-state index contributed by atoms with van der Waals surface area (Å²) in [5.74, 6) is 0.505. The van der Waals surface area contributed by atoms with Crippen LogP contribution in [0.3, 0.4) is 0 Å². The smallest absolute Gasteiger partial charge is 0.0568 e. The van der Waals surface area contributed by atoms with Gasteiger partial charge in [0.1, 0.15) is 0 Å². The van der Waals surface area contributed by atoms with Crippen LogP contribution in [0.25, 0.3) is 11.1 Å². The standard InChI is InChI=1S/C19H20ClN3S/c20-17-5-3-15(4-6-17)18-10-21-22-19(18)16-2-1-8-23(12-16)11-14-7-9-24-13-14/h3-7,9-10,13,16H,1-2,8,11-12H2,(H,21,22). The Kier molecular flexibility index (Phi) is 4.69. The molecule has 1 fully saturated rings. The second-order valence-electron chi connectivity index (χ2n) is 6.41. The predicted octanol–water partition coefficient (Wildman–Crippen LogP) is 5.17. The molecule has 1 aliphatic rings. The highest BCUT2D eigenvalue weighted by Crippen LogP contribution is 2.33. The van der Waals surface area contributed by atoms with Gasteiger partial charge in [0.2, 0.25) is 0 Å². The van der Waals surface area contributed by atoms with Crippen LogP contribution in [-0.2, 0) is 6.54 Å². The number of hydrogen-bond acceptors (Lipinski definition) is 3. The van der Waals surface area contributed by atoms with Crippen molar-refractivity contribution in [2.45, 2.75) is 25.3 Å². The Morgan fingerprint density at radius 2 is 2.12 bits per heavy atom. The molecular formula is C19H20ClN3S. The van der Waals surface area contributed by atoms with E-state index in [9.17, 15) is 0 Å². The number of thiophene rings is 1. The van der Waals surface area contributed by atoms with Crippen molar-refractivity contribution in [2.24, 2.45) is 0 Å². The van der Waals surface area contributed by atoms with Gasteiger partial charge in [0.25, 0.3) is 0 Å². The maximum Gasteiger partial charge on any atom is 0.0568 e. The summed E-state index contributed by atoms with van der Waals surface area (Å²) < 4.78 is 0. The summed E-state index contributed by atoms with van der Waals surface area (Å²) in [4.78, 5) is 2.56. The molecule has 1 unspecified atom stereocenters. The fourth-order valence-corrected chi connectivity index (χ4v) is 4.33. The molecule has 1 aliphatic heterocycles. The normalized spacial score (nSPS) is 18.8. The van der Waals surface area contributed by atoms with Crippen LogP contribution >= 0.6 is 22.9 Å². The van der Waals surface area contributed by atoms with Gasteiger partial charge in [-0.25, -0.2) is 0 Å². The van der Waals surface area contributed by atoms with E-state index in [-0.39, 0.29) is 0 Å². The minimum Gasteiger partial charge on any atom is -0.298 e. The molecule has 0 aliphatic carbocycles. The van der Waals surface area contributed by atoms with E-state index in [4.69, 9.17) is 11.6 Å². The van der Waals surface area contributed by atoms with Crippen molar-refractivity contribution in [1.82, 2.24) is 15.1 Å². The summed E-state index contributed by atoms with van der Waals surface area (Å²) in [5.41, 5.74) is 5.06. The van der Waals surface area contributed by atoms with Crippen molar-refractivity contribution in [3.8, 4) is 11.1 Å². The largest absolute Gasteiger partial charge is 0.298 e. The molecule has 0 saturated carbocycles. The third kappa shape index (κ3) is 3.41. The average Bonchev–Trinajstić information content (AvgIpc) is 3.27. The molecule has 1 saturated heterocycles. The summed E-state index contributed by atoms with van der Waals surface area (Å²) in [5, 5.41) is 12.8. The summed E-state index contributed by atoms with van der Waals surface area (Å²) in [6.07, 6.45) is 4.38. The fraction of sp³-hybridized carbons (Fsp3) is 0.316. The van der Waals surface area contributed by atoms with E-state index in [2.05, 4.69) is 44.1 Å². The van der Waals surface area contributed by atoms with Gasteiger partial charge in [0, 0.05) is 35.3 Å². The summed E-state index contributed by atoms with van der Waals surface area (Å²) in [6.45, 7) is 3.31. The number of H-pyrrole nitrogens is 1. The molecule has 0 radical (unpaired) electrons. The SMILES string of the molecule is Clc1ccc(-c2cn[nH]c2C2CCCN(Cc3ccsc3)C2)cc1. The van der Waals surface area contributed by atoms with Gasteiger partial charge in [-0.05, 0) is 59.5 Å². The van der Waals surface area contributed by atoms with Crippen molar-refractivity contribution < 1.29 is 0 Å². The molecule has 2 aromatic heterocycles. The first kappa shape index (κ1) is 15.9. The minimum atomic E-state index is 0.505. The maximum absolute atomic E-state index is 6.02. The number of halogens is 1. The molecule has 0 amide bonds. The first-order valence-corrected chi connectivity index (χ1v) is 9.64. The van der Waals surface area contributed by atoms with Crippen LogP contribution in [-0.4, -0.2) is 28.2 Å². The monoisotopic (exact) mass is 357 g/mol. The molecule has 4 rings (SSSR count). The lowest BCUT2D eigenvalue weighted by atomic mass is 9.90. The highest BCUT2D eigenvalue weighted by Gasteiger charge is 2.25. The van der Waals surface area contributed by atoms with Crippen LogP contribution in [0.5, 0.6) is 0 Å². The van der Waals surface area contributed by atoms with Crippen LogP contribution in [0.2, 0.25) is 5.02 Å². The fourth-order valence-electron chi connectivity index (χ4n) is 3.54. The molecule has 0 bridgehead atoms. The number of nitrogens with one attached hydrogen (secondary N) is 1. The van der Waals surface area contributed by atoms with E-state index in [0.717, 1.165) is 18.1 Å². The van der Waals surface area contributed by atoms with Crippen molar-refractivity contribution in [3.63, 3.8) is 0 Å². The third-order valence-corrected chi connectivity index (χ3v) is 5.71. The summed E-state index contributed by atoms with van der Waals surface area (Å²) in [6, 6.07) is 10.3. The molecule has 5 heteroatoms. The van der Waals surface area contributed by atoms with Crippen molar-refractivity contribution in [3.05, 3.63) is 63.6 Å². The van der Waals surface area contributed by atoms with Gasteiger partial charge in [-0.3, -0.25) is 10.00 Å². The van der Waals surface area contributed by atoms with Crippen molar-refractivity contribution in [1.29, 1.82) is 0 Å². The number of piperidine rings is 1. The number of aromatic nitrogens is 2. The highest BCUT2D eigenvalue weighted by atomic mass is 35.5. The maximum atomic E-state index is 6.02. The molecule has 1 atom stereocenters. The van der Waals surface area contributed by atoms with Gasteiger partial charge in [-0.2, -0.15) is 16.4 Å². The Hall–Kier alpha value is -1.62. The molecule has 3 aromatic rings. The minimum absolute atomic E-state index is 0.505. The van der Waals surface area contributed by atoms with E-state index in [1.54, 1.807) is 11.3 Å². The zero-order valence-electron chi connectivity index (χ0n) is 13.4. The summed E-state index contributed by atoms with van der Waals surface area (Å²) >= 11 is 7.79. The Balaban J connectivity index is 1.53. The number of nitrogens with zero attached hydrogens (tertiary/aromatic N) is 2. The van der Waals surface area contributed by atoms with E-state index in [0.29, 0.717) is 5.92 Å². The average molecular weight is 358 g/mol. The van der Waals surface area contributed by atoms with Crippen LogP contribution in [0.1, 0.15) is 30.0 Å². The number of aromatic amines is 1. The van der Waals surface area contributed by atoms with Crippen LogP contribution in [0, 0.1) is 0 Å². The molecule has 24 heavy (non-hydrogen) atoms. The van der Waals surface area contributed by atoms with Gasteiger partial charge >= 0.3 is 0 Å². The zero-order chi connectivity index (χ0) is 16.4. The summed E-state index contributed by atoms with van der Waals surface area (Å²) in [7, 11) is 0. The second kappa shape index (κ2) is 7.09. The Bertz CT molecular complexity index is 779. The van der Waals surface area contributed by atoms with Gasteiger partial charge in [-0.1, -0.05) is 23.7 Å². The Labute approximate surface area is 151 Å². The zero-order valence-corrected chi connectivity index (χ0v) is 15.0. The molecule has 1 N–H and O–H groups in total. The molecule has 0 spiro atoms. The molecular weight excluding hydrogens is 338 g/mol. The Morgan fingerprint density at radius 3 is 2.92 bits per heavy atom. The van der Waals surface area contributed by atoms with Crippen LogP contribution in [0.15, 0.2) is 47.3 Å². The Morgan fingerprint density at radius 1 is 1.25 bits per heavy atom. The molecule has 1 aromatic carbocycles. The van der Waals surface area contributed by atoms with Gasteiger partial charge in [0.05, 0.1) is 6.20 Å². The number of hydrogen-bond donors (Lipinski definition) is 1. The second-order valence-corrected chi connectivity index (χ2v) is 7.63. The van der Waals surface area contributed by atoms with Gasteiger partial charge in [0.15, 0.2) is 0 Å². The van der Waals surface area contributed by atoms with Crippen LogP contribution in [0.4, 0.5) is 0 Å². The first-order valence-electron chi connectivity index (χ1n) is 8.32. The number of rotatable bonds is 4. The van der Waals surface area contributed by atoms with Crippen molar-refractivity contribution in [2.75, 3.05) is 13.1 Å². The lowest BCUT2D eigenvalue weighted by molar-refractivity contribution is 0.199. The van der Waals surface area contributed by atoms with Gasteiger partial charge < -0.3 is 0 Å². The number of benzene rings is 1. The van der Waals surface area contributed by atoms with Crippen LogP contribution < -0.4 is 0 Å². The quantitative estimate of drug-likeness (QED) is 0.698. The third-order valence-electron chi connectivity index (χ3n) is 4.72. The van der Waals surface area contributed by atoms with Gasteiger partial charge in [-0.15, -0.1) is 0 Å². The lowest BCUT2D eigenvalue weighted by Gasteiger charge is -2.32. The molecule has 3 heterocycles. The topological polar surface area (TPSA) is 31.9 Å². The van der Waals surface area contributed by atoms with E-state index in [1.807, 2.05) is 18.3 Å². The van der Waals surface area contributed by atoms with Crippen molar-refractivity contribution >= 4 is 22.9 Å². The van der Waals surface area contributed by atoms with E-state index in [1.165, 1.54) is 41.8 Å². The van der Waals surface area contributed by atoms with E-state index >= 15 is 0 Å². The van der Waals surface area contributed by atoms with E-state index < -0.39 is 0 Å². The lowest BCUT2D eigenvalue weighted by Crippen LogP contribution is -2.34. The number of likely N-dealkylation sites (tertiary alicyclic amines) is 1. The molecule has 124 valence electrons. The first-order chi connectivity index (χ1) is 11.8. The predicted molar refractivity (Wildman–Crippen MR) is 101 cm³/mol. The highest BCUT2D eigenvalue weighted by molar-refractivity contribution is 7.07. The molecule has 3 nitrogen and oxygen atoms in total.